The van der Waals surface area contributed by atoms with Crippen LogP contribution in [0.25, 0.3) is 0 Å². The normalized spacial score (nSPS) is 13.2. The summed E-state index contributed by atoms with van der Waals surface area (Å²) in [6.07, 6.45) is -5.26. The van der Waals surface area contributed by atoms with E-state index in [1.807, 2.05) is 0 Å². The fourth-order valence-electron chi connectivity index (χ4n) is 1.35. The molecule has 0 rings (SSSR count). The molecule has 0 fully saturated rings. The number of carboxylic acids is 1. The number of nitrogens with zero attached hydrogens (tertiary/aromatic N) is 1. The average Bonchev–Trinajstić information content (AvgIpc) is 2.22. The van der Waals surface area contributed by atoms with Gasteiger partial charge in [0.2, 0.25) is 0 Å². The van der Waals surface area contributed by atoms with Crippen LogP contribution < -0.4 is 5.32 Å². The van der Waals surface area contributed by atoms with Crippen LogP contribution in [0.3, 0.4) is 0 Å². The number of rotatable bonds is 6. The molecular formula is C11H19F3N2O3. The predicted molar refractivity (Wildman–Crippen MR) is 62.7 cm³/mol. The van der Waals surface area contributed by atoms with E-state index in [-0.39, 0.29) is 12.3 Å². The van der Waals surface area contributed by atoms with Crippen molar-refractivity contribution in [2.75, 3.05) is 13.6 Å². The summed E-state index contributed by atoms with van der Waals surface area (Å²) in [5, 5.41) is 11.1. The van der Waals surface area contributed by atoms with Crippen molar-refractivity contribution in [2.45, 2.75) is 38.9 Å². The summed E-state index contributed by atoms with van der Waals surface area (Å²) in [5.74, 6) is -1.16. The van der Waals surface area contributed by atoms with Crippen molar-refractivity contribution in [1.29, 1.82) is 0 Å². The third-order valence-electron chi connectivity index (χ3n) is 2.38. The maximum Gasteiger partial charge on any atom is 0.390 e. The van der Waals surface area contributed by atoms with Gasteiger partial charge in [0.15, 0.2) is 0 Å². The van der Waals surface area contributed by atoms with E-state index >= 15 is 0 Å². The minimum absolute atomic E-state index is 0.0434. The molecule has 0 aromatic rings. The highest BCUT2D eigenvalue weighted by Gasteiger charge is 2.29. The van der Waals surface area contributed by atoms with Crippen LogP contribution in [-0.4, -0.2) is 47.8 Å². The van der Waals surface area contributed by atoms with Gasteiger partial charge in [-0.2, -0.15) is 13.2 Å². The lowest BCUT2D eigenvalue weighted by atomic mass is 10.0. The molecule has 19 heavy (non-hydrogen) atoms. The summed E-state index contributed by atoms with van der Waals surface area (Å²) >= 11 is 0. The Morgan fingerprint density at radius 2 is 1.84 bits per heavy atom. The maximum atomic E-state index is 12.0. The smallest absolute Gasteiger partial charge is 0.390 e. The summed E-state index contributed by atoms with van der Waals surface area (Å²) in [6.45, 7) is 3.06. The van der Waals surface area contributed by atoms with Gasteiger partial charge >= 0.3 is 18.2 Å². The number of halogens is 3. The quantitative estimate of drug-likeness (QED) is 0.784. The number of urea groups is 1. The van der Waals surface area contributed by atoms with Crippen LogP contribution in [0, 0.1) is 5.92 Å². The van der Waals surface area contributed by atoms with Crippen molar-refractivity contribution >= 4 is 12.0 Å². The first-order valence-corrected chi connectivity index (χ1v) is 5.84. The fraction of sp³-hybridized carbons (Fsp3) is 0.818. The van der Waals surface area contributed by atoms with Crippen molar-refractivity contribution in [3.63, 3.8) is 0 Å². The van der Waals surface area contributed by atoms with Crippen LogP contribution in [0.15, 0.2) is 0 Å². The van der Waals surface area contributed by atoms with Crippen molar-refractivity contribution in [2.24, 2.45) is 5.92 Å². The van der Waals surface area contributed by atoms with Gasteiger partial charge in [0.05, 0.1) is 6.42 Å². The van der Waals surface area contributed by atoms with Gasteiger partial charge in [-0.15, -0.1) is 0 Å². The molecule has 0 aliphatic rings. The topological polar surface area (TPSA) is 69.6 Å². The monoisotopic (exact) mass is 284 g/mol. The number of aliphatic carboxylic acids is 1. The second-order valence-corrected chi connectivity index (χ2v) is 4.76. The maximum absolute atomic E-state index is 12.0. The minimum Gasteiger partial charge on any atom is -0.480 e. The molecule has 2 amide bonds. The highest BCUT2D eigenvalue weighted by Crippen LogP contribution is 2.19. The molecule has 0 aliphatic heterocycles. The lowest BCUT2D eigenvalue weighted by molar-refractivity contribution is -0.140. The van der Waals surface area contributed by atoms with E-state index < -0.39 is 37.2 Å². The molecule has 0 heterocycles. The molecule has 1 atom stereocenters. The lowest BCUT2D eigenvalue weighted by Gasteiger charge is -2.22. The number of nitrogens with one attached hydrogen (secondary N) is 1. The van der Waals surface area contributed by atoms with Gasteiger partial charge in [-0.3, -0.25) is 0 Å². The molecule has 0 radical (unpaired) electrons. The van der Waals surface area contributed by atoms with Crippen molar-refractivity contribution in [3.8, 4) is 0 Å². The first kappa shape index (κ1) is 17.5. The molecule has 0 aromatic carbocycles. The number of carboxylic acid groups (broad SMARTS) is 1. The zero-order valence-corrected chi connectivity index (χ0v) is 11.1. The standard InChI is InChI=1S/C11H19F3N2O3/c1-7(2)6-8(9(17)18)15-10(19)16(3)5-4-11(12,13)14/h7-8H,4-6H2,1-3H3,(H,15,19)(H,17,18)/t8-/m0/s1. The van der Waals surface area contributed by atoms with Crippen molar-refractivity contribution in [3.05, 3.63) is 0 Å². The Labute approximate surface area is 109 Å². The van der Waals surface area contributed by atoms with E-state index in [1.54, 1.807) is 13.8 Å². The first-order valence-electron chi connectivity index (χ1n) is 5.84. The van der Waals surface area contributed by atoms with Gasteiger partial charge in [-0.05, 0) is 12.3 Å². The second-order valence-electron chi connectivity index (χ2n) is 4.76. The molecular weight excluding hydrogens is 265 g/mol. The van der Waals surface area contributed by atoms with Crippen LogP contribution in [0.4, 0.5) is 18.0 Å². The Morgan fingerprint density at radius 1 is 1.32 bits per heavy atom. The Hall–Kier alpha value is -1.47. The Balaban J connectivity index is 4.35. The van der Waals surface area contributed by atoms with Gasteiger partial charge < -0.3 is 15.3 Å². The van der Waals surface area contributed by atoms with Gasteiger partial charge in [0, 0.05) is 13.6 Å². The summed E-state index contributed by atoms with van der Waals surface area (Å²) in [6, 6.07) is -1.92. The Kier molecular flexibility index (Phi) is 6.64. The average molecular weight is 284 g/mol. The largest absolute Gasteiger partial charge is 0.480 e. The molecule has 0 aromatic heterocycles. The molecule has 8 heteroatoms. The Bertz CT molecular complexity index is 319. The summed E-state index contributed by atoms with van der Waals surface area (Å²) in [5.41, 5.74) is 0. The third-order valence-corrected chi connectivity index (χ3v) is 2.38. The van der Waals surface area contributed by atoms with Crippen LogP contribution >= 0.6 is 0 Å². The molecule has 0 spiro atoms. The van der Waals surface area contributed by atoms with Crippen LogP contribution in [0.1, 0.15) is 26.7 Å². The van der Waals surface area contributed by atoms with Gasteiger partial charge in [-0.1, -0.05) is 13.8 Å². The van der Waals surface area contributed by atoms with E-state index in [1.165, 1.54) is 7.05 Å². The SMILES string of the molecule is CC(C)C[C@H](NC(=O)N(C)CCC(F)(F)F)C(=O)O. The molecule has 0 aliphatic carbocycles. The van der Waals surface area contributed by atoms with E-state index in [4.69, 9.17) is 5.11 Å². The number of carbonyl (C=O) groups excluding carboxylic acids is 1. The molecule has 5 nitrogen and oxygen atoms in total. The summed E-state index contributed by atoms with van der Waals surface area (Å²) < 4.78 is 36.0. The minimum atomic E-state index is -4.35. The lowest BCUT2D eigenvalue weighted by Crippen LogP contribution is -2.47. The summed E-state index contributed by atoms with van der Waals surface area (Å²) in [4.78, 5) is 23.3. The number of carbonyl (C=O) groups is 2. The molecule has 0 unspecified atom stereocenters. The molecule has 0 saturated carbocycles. The van der Waals surface area contributed by atoms with Gasteiger partial charge in [-0.25, -0.2) is 9.59 Å². The van der Waals surface area contributed by atoms with E-state index in [0.717, 1.165) is 4.90 Å². The fourth-order valence-corrected chi connectivity index (χ4v) is 1.35. The first-order chi connectivity index (χ1) is 8.53. The zero-order valence-electron chi connectivity index (χ0n) is 11.1. The number of amides is 2. The van der Waals surface area contributed by atoms with E-state index in [2.05, 4.69) is 5.32 Å². The predicted octanol–water partition coefficient (Wildman–Crippen LogP) is 2.08. The molecule has 112 valence electrons. The molecule has 0 saturated heterocycles. The highest BCUT2D eigenvalue weighted by atomic mass is 19.4. The highest BCUT2D eigenvalue weighted by molar-refractivity contribution is 5.82. The van der Waals surface area contributed by atoms with E-state index in [9.17, 15) is 22.8 Å². The Morgan fingerprint density at radius 3 is 2.21 bits per heavy atom. The van der Waals surface area contributed by atoms with Gasteiger partial charge in [0.1, 0.15) is 6.04 Å². The number of alkyl halides is 3. The zero-order chi connectivity index (χ0) is 15.2. The van der Waals surface area contributed by atoms with Crippen molar-refractivity contribution in [1.82, 2.24) is 10.2 Å². The van der Waals surface area contributed by atoms with Crippen LogP contribution in [-0.2, 0) is 4.79 Å². The third kappa shape index (κ3) is 8.28. The van der Waals surface area contributed by atoms with E-state index in [0.29, 0.717) is 0 Å². The second kappa shape index (κ2) is 7.20. The van der Waals surface area contributed by atoms with Gasteiger partial charge in [0.25, 0.3) is 0 Å². The van der Waals surface area contributed by atoms with Crippen LogP contribution in [0.5, 0.6) is 0 Å². The van der Waals surface area contributed by atoms with Crippen LogP contribution in [0.2, 0.25) is 0 Å². The van der Waals surface area contributed by atoms with Crippen molar-refractivity contribution < 1.29 is 27.9 Å². The number of hydrogen-bond acceptors (Lipinski definition) is 2. The molecule has 0 bridgehead atoms. The number of hydrogen-bond donors (Lipinski definition) is 2. The molecule has 2 N–H and O–H groups in total. The summed E-state index contributed by atoms with van der Waals surface area (Å²) in [7, 11) is 1.19.